The minimum Gasteiger partial charge on any atom is -0.324 e. The van der Waals surface area contributed by atoms with Gasteiger partial charge in [-0.25, -0.2) is 0 Å². The first-order valence-electron chi connectivity index (χ1n) is 6.15. The summed E-state index contributed by atoms with van der Waals surface area (Å²) in [7, 11) is 0. The van der Waals surface area contributed by atoms with E-state index < -0.39 is 0 Å². The molecule has 3 rings (SSSR count). The molecule has 1 nitrogen and oxygen atoms in total. The monoisotopic (exact) mass is 245 g/mol. The Morgan fingerprint density at radius 3 is 2.65 bits per heavy atom. The summed E-state index contributed by atoms with van der Waals surface area (Å²) in [5.41, 5.74) is 8.86. The van der Waals surface area contributed by atoms with Gasteiger partial charge in [-0.05, 0) is 41.3 Å². The molecule has 2 atom stereocenters. The third kappa shape index (κ3) is 1.65. The lowest BCUT2D eigenvalue weighted by Crippen LogP contribution is -2.19. The van der Waals surface area contributed by atoms with Gasteiger partial charge in [-0.2, -0.15) is 0 Å². The highest BCUT2D eigenvalue weighted by atomic mass is 35.5. The van der Waals surface area contributed by atoms with E-state index in [1.54, 1.807) is 0 Å². The summed E-state index contributed by atoms with van der Waals surface area (Å²) in [4.78, 5) is 0. The predicted octanol–water partition coefficient (Wildman–Crippen LogP) is 4.39. The molecule has 0 saturated carbocycles. The molecule has 0 aromatic heterocycles. The van der Waals surface area contributed by atoms with Crippen LogP contribution in [0.4, 0.5) is 0 Å². The van der Waals surface area contributed by atoms with Crippen LogP contribution in [-0.4, -0.2) is 0 Å². The van der Waals surface area contributed by atoms with E-state index in [2.05, 4.69) is 31.2 Å². The minimum absolute atomic E-state index is 0.142. The van der Waals surface area contributed by atoms with Crippen molar-refractivity contribution in [3.8, 4) is 0 Å². The summed E-state index contributed by atoms with van der Waals surface area (Å²) in [5.74, 6) is 0.576. The Labute approximate surface area is 107 Å². The van der Waals surface area contributed by atoms with E-state index in [-0.39, 0.29) is 6.04 Å². The average molecular weight is 246 g/mol. The smallest absolute Gasteiger partial charge is 0.0487 e. The van der Waals surface area contributed by atoms with Gasteiger partial charge >= 0.3 is 0 Å². The van der Waals surface area contributed by atoms with Crippen LogP contribution in [0.5, 0.6) is 0 Å². The molecule has 0 spiro atoms. The van der Waals surface area contributed by atoms with Gasteiger partial charge in [0.15, 0.2) is 0 Å². The molecule has 17 heavy (non-hydrogen) atoms. The second-order valence-electron chi connectivity index (χ2n) is 4.99. The Balaban J connectivity index is 2.41. The second kappa shape index (κ2) is 4.01. The fourth-order valence-electron chi connectivity index (χ4n) is 2.96. The van der Waals surface area contributed by atoms with Crippen molar-refractivity contribution in [3.05, 3.63) is 46.5 Å². The maximum atomic E-state index is 6.35. The largest absolute Gasteiger partial charge is 0.324 e. The van der Waals surface area contributed by atoms with Crippen LogP contribution in [0.2, 0.25) is 5.02 Å². The van der Waals surface area contributed by atoms with Crippen LogP contribution >= 0.6 is 11.6 Å². The van der Waals surface area contributed by atoms with Crippen molar-refractivity contribution in [2.24, 2.45) is 5.73 Å². The van der Waals surface area contributed by atoms with Crippen molar-refractivity contribution < 1.29 is 0 Å². The Kier molecular flexibility index (Phi) is 2.61. The first-order chi connectivity index (χ1) is 8.18. The molecule has 2 aromatic rings. The Hall–Kier alpha value is -1.05. The fraction of sp³-hybridized carbons (Fsp3) is 0.333. The Bertz CT molecular complexity index is 576. The van der Waals surface area contributed by atoms with E-state index in [4.69, 9.17) is 17.3 Å². The number of fused-ring (bicyclic) bond motifs is 3. The molecule has 2 N–H and O–H groups in total. The SMILES string of the molecule is CC1CC[C@@H](N)c2cc(Cl)c3ccccc3c21. The number of nitrogens with two attached hydrogens (primary N) is 1. The molecule has 2 aromatic carbocycles. The standard InChI is InChI=1S/C15H16ClN/c1-9-6-7-14(17)12-8-13(16)10-4-2-3-5-11(10)15(9)12/h2-5,8-9,14H,6-7,17H2,1H3/t9?,14-/m1/s1. The highest BCUT2D eigenvalue weighted by Crippen LogP contribution is 2.42. The zero-order chi connectivity index (χ0) is 12.0. The average Bonchev–Trinajstić information content (AvgIpc) is 2.34. The third-order valence-electron chi connectivity index (χ3n) is 3.87. The quantitative estimate of drug-likeness (QED) is 0.732. The first kappa shape index (κ1) is 11.1. The molecule has 0 fully saturated rings. The number of benzene rings is 2. The molecule has 1 unspecified atom stereocenters. The van der Waals surface area contributed by atoms with Crippen molar-refractivity contribution in [2.75, 3.05) is 0 Å². The highest BCUT2D eigenvalue weighted by molar-refractivity contribution is 6.35. The van der Waals surface area contributed by atoms with E-state index in [1.165, 1.54) is 22.9 Å². The van der Waals surface area contributed by atoms with Crippen LogP contribution in [0.3, 0.4) is 0 Å². The summed E-state index contributed by atoms with van der Waals surface area (Å²) >= 11 is 6.35. The Morgan fingerprint density at radius 2 is 1.88 bits per heavy atom. The van der Waals surface area contributed by atoms with Crippen LogP contribution < -0.4 is 5.73 Å². The summed E-state index contributed by atoms with van der Waals surface area (Å²) < 4.78 is 0. The Morgan fingerprint density at radius 1 is 1.18 bits per heavy atom. The molecule has 0 amide bonds. The van der Waals surface area contributed by atoms with Gasteiger partial charge in [0, 0.05) is 16.5 Å². The van der Waals surface area contributed by atoms with Gasteiger partial charge in [-0.1, -0.05) is 42.8 Å². The number of rotatable bonds is 0. The molecular weight excluding hydrogens is 230 g/mol. The van der Waals surface area contributed by atoms with Gasteiger partial charge in [0.25, 0.3) is 0 Å². The van der Waals surface area contributed by atoms with Crippen LogP contribution in [0.25, 0.3) is 10.8 Å². The van der Waals surface area contributed by atoms with E-state index in [0.717, 1.165) is 16.8 Å². The molecule has 1 aliphatic rings. The van der Waals surface area contributed by atoms with Gasteiger partial charge < -0.3 is 5.73 Å². The van der Waals surface area contributed by atoms with E-state index in [1.807, 2.05) is 6.07 Å². The van der Waals surface area contributed by atoms with E-state index >= 15 is 0 Å². The molecule has 0 radical (unpaired) electrons. The molecule has 2 heteroatoms. The fourth-order valence-corrected chi connectivity index (χ4v) is 3.24. The van der Waals surface area contributed by atoms with E-state index in [9.17, 15) is 0 Å². The van der Waals surface area contributed by atoms with Crippen molar-refractivity contribution in [3.63, 3.8) is 0 Å². The molecule has 0 bridgehead atoms. The normalized spacial score (nSPS) is 23.7. The summed E-state index contributed by atoms with van der Waals surface area (Å²) in [6, 6.07) is 10.6. The number of hydrogen-bond acceptors (Lipinski definition) is 1. The third-order valence-corrected chi connectivity index (χ3v) is 4.18. The van der Waals surface area contributed by atoms with Crippen molar-refractivity contribution in [1.82, 2.24) is 0 Å². The first-order valence-corrected chi connectivity index (χ1v) is 6.53. The maximum Gasteiger partial charge on any atom is 0.0487 e. The van der Waals surface area contributed by atoms with Gasteiger partial charge in [0.1, 0.15) is 0 Å². The van der Waals surface area contributed by atoms with E-state index in [0.29, 0.717) is 5.92 Å². The molecule has 1 aliphatic carbocycles. The van der Waals surface area contributed by atoms with Gasteiger partial charge in [-0.3, -0.25) is 0 Å². The van der Waals surface area contributed by atoms with Gasteiger partial charge in [-0.15, -0.1) is 0 Å². The molecular formula is C15H16ClN. The zero-order valence-corrected chi connectivity index (χ0v) is 10.7. The van der Waals surface area contributed by atoms with Crippen LogP contribution in [0.15, 0.2) is 30.3 Å². The molecule has 0 heterocycles. The molecule has 0 aliphatic heterocycles. The highest BCUT2D eigenvalue weighted by Gasteiger charge is 2.25. The van der Waals surface area contributed by atoms with Crippen molar-refractivity contribution >= 4 is 22.4 Å². The second-order valence-corrected chi connectivity index (χ2v) is 5.40. The van der Waals surface area contributed by atoms with Crippen LogP contribution in [-0.2, 0) is 0 Å². The van der Waals surface area contributed by atoms with Crippen LogP contribution in [0.1, 0.15) is 42.9 Å². The van der Waals surface area contributed by atoms with Crippen molar-refractivity contribution in [2.45, 2.75) is 31.7 Å². The molecule has 88 valence electrons. The van der Waals surface area contributed by atoms with Gasteiger partial charge in [0.05, 0.1) is 0 Å². The van der Waals surface area contributed by atoms with Crippen molar-refractivity contribution in [1.29, 1.82) is 0 Å². The lowest BCUT2D eigenvalue weighted by Gasteiger charge is -2.29. The summed E-state index contributed by atoms with van der Waals surface area (Å²) in [6.45, 7) is 2.28. The molecule has 0 saturated heterocycles. The maximum absolute atomic E-state index is 6.35. The number of halogens is 1. The van der Waals surface area contributed by atoms with Crippen LogP contribution in [0, 0.1) is 0 Å². The predicted molar refractivity (Wildman–Crippen MR) is 73.5 cm³/mol. The lowest BCUT2D eigenvalue weighted by atomic mass is 9.79. The minimum atomic E-state index is 0.142. The zero-order valence-electron chi connectivity index (χ0n) is 9.91. The summed E-state index contributed by atoms with van der Waals surface area (Å²) in [6.07, 6.45) is 2.22. The lowest BCUT2D eigenvalue weighted by molar-refractivity contribution is 0.517. The van der Waals surface area contributed by atoms with Gasteiger partial charge in [0.2, 0.25) is 0 Å². The number of hydrogen-bond donors (Lipinski definition) is 1. The topological polar surface area (TPSA) is 26.0 Å². The summed E-state index contributed by atoms with van der Waals surface area (Å²) in [5, 5.41) is 3.25.